The maximum atomic E-state index is 3.98. The van der Waals surface area contributed by atoms with Crippen molar-refractivity contribution in [3.63, 3.8) is 0 Å². The third-order valence-corrected chi connectivity index (χ3v) is 2.31. The van der Waals surface area contributed by atoms with Crippen LogP contribution in [0, 0.1) is 0 Å². The molecule has 0 atom stereocenters. The molecule has 0 unspecified atom stereocenters. The van der Waals surface area contributed by atoms with Crippen molar-refractivity contribution in [3.05, 3.63) is 65.7 Å². The van der Waals surface area contributed by atoms with Crippen molar-refractivity contribution in [2.45, 2.75) is 0 Å². The van der Waals surface area contributed by atoms with Crippen molar-refractivity contribution in [2.24, 2.45) is 0 Å². The van der Waals surface area contributed by atoms with Crippen LogP contribution >= 0.6 is 0 Å². The Kier molecular flexibility index (Phi) is 2.96. The highest BCUT2D eigenvalue weighted by Gasteiger charge is 1.94. The van der Waals surface area contributed by atoms with Crippen LogP contribution in [0.15, 0.2) is 54.6 Å². The first-order valence-electron chi connectivity index (χ1n) is 5.00. The van der Waals surface area contributed by atoms with Gasteiger partial charge in [-0.25, -0.2) is 0 Å². The molecule has 2 aromatic rings. The second-order valence-corrected chi connectivity index (χ2v) is 3.44. The minimum absolute atomic E-state index is 1.06. The molecule has 74 valence electrons. The highest BCUT2D eigenvalue weighted by molar-refractivity contribution is 5.73. The van der Waals surface area contributed by atoms with Crippen molar-refractivity contribution < 1.29 is 5.73 Å². The van der Waals surface area contributed by atoms with Crippen LogP contribution in [0.1, 0.15) is 11.1 Å². The summed E-state index contributed by atoms with van der Waals surface area (Å²) >= 11 is 0. The number of quaternary nitrogens is 1. The van der Waals surface area contributed by atoms with E-state index in [0.29, 0.717) is 0 Å². The van der Waals surface area contributed by atoms with Gasteiger partial charge in [-0.15, -0.1) is 0 Å². The maximum Gasteiger partial charge on any atom is 0.135 e. The molecule has 0 amide bonds. The minimum Gasteiger partial charge on any atom is -0.325 e. The quantitative estimate of drug-likeness (QED) is 0.715. The average molecular weight is 196 g/mol. The molecule has 3 N–H and O–H groups in total. The zero-order valence-corrected chi connectivity index (χ0v) is 8.56. The minimum atomic E-state index is 1.06. The van der Waals surface area contributed by atoms with E-state index in [2.05, 4.69) is 36.1 Å². The summed E-state index contributed by atoms with van der Waals surface area (Å²) in [6.45, 7) is 0. The molecule has 1 nitrogen and oxygen atoms in total. The van der Waals surface area contributed by atoms with Gasteiger partial charge in [0.05, 0.1) is 0 Å². The first-order chi connectivity index (χ1) is 7.36. The zero-order valence-electron chi connectivity index (χ0n) is 8.56. The Balaban J connectivity index is 2.23. The summed E-state index contributed by atoms with van der Waals surface area (Å²) in [5, 5.41) is 0. The van der Waals surface area contributed by atoms with E-state index in [0.717, 1.165) is 5.69 Å². The fourth-order valence-corrected chi connectivity index (χ4v) is 1.45. The van der Waals surface area contributed by atoms with E-state index in [1.54, 1.807) is 0 Å². The Bertz CT molecular complexity index is 458. The van der Waals surface area contributed by atoms with Gasteiger partial charge in [-0.2, -0.15) is 0 Å². The summed E-state index contributed by atoms with van der Waals surface area (Å²) < 4.78 is 0. The highest BCUT2D eigenvalue weighted by atomic mass is 14.5. The molecule has 0 bridgehead atoms. The molecule has 15 heavy (non-hydrogen) atoms. The SMILES string of the molecule is [NH3+]c1ccccc1C=Cc1ccccc1. The predicted molar refractivity (Wildman–Crippen MR) is 64.4 cm³/mol. The molecule has 0 fully saturated rings. The normalized spacial score (nSPS) is 10.7. The van der Waals surface area contributed by atoms with Crippen LogP contribution in [0.5, 0.6) is 0 Å². The summed E-state index contributed by atoms with van der Waals surface area (Å²) in [4.78, 5) is 0. The van der Waals surface area contributed by atoms with Gasteiger partial charge in [-0.3, -0.25) is 0 Å². The third-order valence-electron chi connectivity index (χ3n) is 2.31. The van der Waals surface area contributed by atoms with E-state index >= 15 is 0 Å². The van der Waals surface area contributed by atoms with Crippen molar-refractivity contribution in [3.8, 4) is 0 Å². The van der Waals surface area contributed by atoms with Crippen LogP contribution in [0.3, 0.4) is 0 Å². The molecule has 2 aromatic carbocycles. The topological polar surface area (TPSA) is 27.6 Å². The molecule has 0 radical (unpaired) electrons. The first kappa shape index (κ1) is 9.69. The van der Waals surface area contributed by atoms with Gasteiger partial charge in [0.25, 0.3) is 0 Å². The Labute approximate surface area is 89.9 Å². The van der Waals surface area contributed by atoms with E-state index in [-0.39, 0.29) is 0 Å². The molecule has 0 aliphatic heterocycles. The van der Waals surface area contributed by atoms with E-state index in [4.69, 9.17) is 0 Å². The number of hydrogen-bond donors (Lipinski definition) is 1. The van der Waals surface area contributed by atoms with Crippen molar-refractivity contribution >= 4 is 17.8 Å². The van der Waals surface area contributed by atoms with Gasteiger partial charge in [0, 0.05) is 5.56 Å². The van der Waals surface area contributed by atoms with Gasteiger partial charge in [0.15, 0.2) is 0 Å². The Morgan fingerprint density at radius 1 is 0.733 bits per heavy atom. The number of rotatable bonds is 2. The summed E-state index contributed by atoms with van der Waals surface area (Å²) in [5.74, 6) is 0. The maximum absolute atomic E-state index is 3.98. The van der Waals surface area contributed by atoms with Gasteiger partial charge < -0.3 is 5.73 Å². The molecule has 0 saturated carbocycles. The lowest BCUT2D eigenvalue weighted by Crippen LogP contribution is -2.40. The number of benzene rings is 2. The highest BCUT2D eigenvalue weighted by Crippen LogP contribution is 2.12. The molecule has 2 rings (SSSR count). The average Bonchev–Trinajstić information content (AvgIpc) is 2.29. The molecule has 0 aliphatic rings. The Hall–Kier alpha value is -1.86. The van der Waals surface area contributed by atoms with E-state index in [1.165, 1.54) is 11.1 Å². The fourth-order valence-electron chi connectivity index (χ4n) is 1.45. The standard InChI is InChI=1S/C14H13N/c15-14-9-5-4-8-13(14)11-10-12-6-2-1-3-7-12/h1-11H,15H2/p+1. The Morgan fingerprint density at radius 2 is 1.40 bits per heavy atom. The van der Waals surface area contributed by atoms with Gasteiger partial charge in [0.2, 0.25) is 0 Å². The molecule has 1 heteroatoms. The smallest absolute Gasteiger partial charge is 0.135 e. The molecule has 0 spiro atoms. The molecule has 0 saturated heterocycles. The molecule has 0 aromatic heterocycles. The second-order valence-electron chi connectivity index (χ2n) is 3.44. The van der Waals surface area contributed by atoms with Crippen LogP contribution in [-0.4, -0.2) is 0 Å². The van der Waals surface area contributed by atoms with E-state index in [1.807, 2.05) is 36.4 Å². The number of hydrogen-bond acceptors (Lipinski definition) is 0. The van der Waals surface area contributed by atoms with Crippen LogP contribution < -0.4 is 5.73 Å². The first-order valence-corrected chi connectivity index (χ1v) is 5.00. The van der Waals surface area contributed by atoms with Gasteiger partial charge in [0.1, 0.15) is 5.69 Å². The van der Waals surface area contributed by atoms with Crippen LogP contribution in [0.4, 0.5) is 5.69 Å². The monoisotopic (exact) mass is 196 g/mol. The van der Waals surface area contributed by atoms with Crippen molar-refractivity contribution in [1.82, 2.24) is 0 Å². The lowest BCUT2D eigenvalue weighted by Gasteiger charge is -1.95. The lowest BCUT2D eigenvalue weighted by atomic mass is 10.1. The fraction of sp³-hybridized carbons (Fsp3) is 0. The van der Waals surface area contributed by atoms with Crippen LogP contribution in [0.2, 0.25) is 0 Å². The summed E-state index contributed by atoms with van der Waals surface area (Å²) in [6.07, 6.45) is 4.20. The Morgan fingerprint density at radius 3 is 2.13 bits per heavy atom. The van der Waals surface area contributed by atoms with Gasteiger partial charge in [-0.05, 0) is 23.8 Å². The van der Waals surface area contributed by atoms with Gasteiger partial charge >= 0.3 is 0 Å². The lowest BCUT2D eigenvalue weighted by molar-refractivity contribution is -0.255. The predicted octanol–water partition coefficient (Wildman–Crippen LogP) is 2.73. The summed E-state index contributed by atoms with van der Waals surface area (Å²) in [5.41, 5.74) is 7.42. The zero-order chi connectivity index (χ0) is 10.5. The second kappa shape index (κ2) is 4.58. The van der Waals surface area contributed by atoms with Crippen molar-refractivity contribution in [1.29, 1.82) is 0 Å². The molecular formula is C14H14N+. The molecular weight excluding hydrogens is 182 g/mol. The molecule has 0 aliphatic carbocycles. The van der Waals surface area contributed by atoms with Gasteiger partial charge in [-0.1, -0.05) is 48.5 Å². The third kappa shape index (κ3) is 2.55. The van der Waals surface area contributed by atoms with Crippen molar-refractivity contribution in [2.75, 3.05) is 0 Å². The summed E-state index contributed by atoms with van der Waals surface area (Å²) in [6, 6.07) is 18.4. The van der Waals surface area contributed by atoms with E-state index in [9.17, 15) is 0 Å². The van der Waals surface area contributed by atoms with Crippen LogP contribution in [-0.2, 0) is 0 Å². The summed E-state index contributed by atoms with van der Waals surface area (Å²) in [7, 11) is 0. The molecule has 0 heterocycles. The largest absolute Gasteiger partial charge is 0.325 e. The van der Waals surface area contributed by atoms with E-state index < -0.39 is 0 Å². The van der Waals surface area contributed by atoms with Crippen LogP contribution in [0.25, 0.3) is 12.2 Å².